The molecule has 1 heterocycles. The predicted molar refractivity (Wildman–Crippen MR) is 70.0 cm³/mol. The molecule has 1 fully saturated rings. The Morgan fingerprint density at radius 1 is 1.44 bits per heavy atom. The van der Waals surface area contributed by atoms with Crippen LogP contribution in [0.25, 0.3) is 0 Å². The highest BCUT2D eigenvalue weighted by Crippen LogP contribution is 2.19. The van der Waals surface area contributed by atoms with Crippen LogP contribution in [0.3, 0.4) is 0 Å². The third kappa shape index (κ3) is 3.68. The number of phenols is 1. The second-order valence-corrected chi connectivity index (χ2v) is 5.12. The number of hydrogen-bond donors (Lipinski definition) is 2. The summed E-state index contributed by atoms with van der Waals surface area (Å²) >= 11 is 0. The average Bonchev–Trinajstić information content (AvgIpc) is 2.35. The van der Waals surface area contributed by atoms with Crippen LogP contribution in [0.5, 0.6) is 5.75 Å². The second kappa shape index (κ2) is 6.16. The van der Waals surface area contributed by atoms with E-state index >= 15 is 0 Å². The Morgan fingerprint density at radius 2 is 2.28 bits per heavy atom. The summed E-state index contributed by atoms with van der Waals surface area (Å²) in [6.45, 7) is 2.58. The first-order chi connectivity index (χ1) is 8.65. The first kappa shape index (κ1) is 13.3. The fraction of sp³-hybridized carbons (Fsp3) is 0.571. The zero-order chi connectivity index (χ0) is 13.0. The number of nitrogens with zero attached hydrogens (tertiary/aromatic N) is 1. The summed E-state index contributed by atoms with van der Waals surface area (Å²) in [7, 11) is 2.00. The molecule has 0 aliphatic carbocycles. The number of phenolic OH excluding ortho intramolecular Hbond substituents is 1. The van der Waals surface area contributed by atoms with E-state index in [4.69, 9.17) is 0 Å². The fourth-order valence-electron chi connectivity index (χ4n) is 2.49. The molecule has 3 nitrogen and oxygen atoms in total. The van der Waals surface area contributed by atoms with Crippen molar-refractivity contribution in [1.82, 2.24) is 10.2 Å². The Morgan fingerprint density at radius 3 is 3.00 bits per heavy atom. The van der Waals surface area contributed by atoms with E-state index in [-0.39, 0.29) is 11.6 Å². The molecule has 100 valence electrons. The van der Waals surface area contributed by atoms with Crippen LogP contribution in [0.4, 0.5) is 4.39 Å². The van der Waals surface area contributed by atoms with Crippen molar-refractivity contribution in [2.24, 2.45) is 0 Å². The summed E-state index contributed by atoms with van der Waals surface area (Å²) in [6.07, 6.45) is 3.72. The number of benzene rings is 1. The number of rotatable bonds is 4. The van der Waals surface area contributed by atoms with Crippen LogP contribution in [0.2, 0.25) is 0 Å². The van der Waals surface area contributed by atoms with Crippen LogP contribution in [0, 0.1) is 5.82 Å². The average molecular weight is 252 g/mol. The molecule has 0 radical (unpaired) electrons. The van der Waals surface area contributed by atoms with E-state index in [1.165, 1.54) is 37.5 Å². The Kier molecular flexibility index (Phi) is 4.55. The topological polar surface area (TPSA) is 35.5 Å². The van der Waals surface area contributed by atoms with E-state index in [9.17, 15) is 9.50 Å². The first-order valence-corrected chi connectivity index (χ1v) is 6.54. The van der Waals surface area contributed by atoms with Gasteiger partial charge < -0.3 is 15.3 Å². The minimum Gasteiger partial charge on any atom is -0.508 e. The molecule has 1 aromatic carbocycles. The lowest BCUT2D eigenvalue weighted by molar-refractivity contribution is 0.254. The van der Waals surface area contributed by atoms with Gasteiger partial charge in [-0.1, -0.05) is 6.42 Å². The molecule has 1 aromatic rings. The molecular weight excluding hydrogens is 231 g/mol. The Hall–Kier alpha value is -1.13. The van der Waals surface area contributed by atoms with E-state index < -0.39 is 0 Å². The van der Waals surface area contributed by atoms with Gasteiger partial charge >= 0.3 is 0 Å². The number of aromatic hydroxyl groups is 1. The van der Waals surface area contributed by atoms with Crippen molar-refractivity contribution >= 4 is 0 Å². The highest BCUT2D eigenvalue weighted by atomic mass is 19.1. The number of likely N-dealkylation sites (N-methyl/N-ethyl adjacent to an activating group) is 1. The number of halogens is 1. The smallest absolute Gasteiger partial charge is 0.123 e. The first-order valence-electron chi connectivity index (χ1n) is 6.54. The molecule has 4 heteroatoms. The Bertz CT molecular complexity index is 391. The Balaban J connectivity index is 1.89. The highest BCUT2D eigenvalue weighted by molar-refractivity contribution is 5.32. The fourth-order valence-corrected chi connectivity index (χ4v) is 2.49. The standard InChI is InChI=1S/C14H21FN2O/c1-17(10-13-4-2-3-7-16-13)9-11-8-12(15)5-6-14(11)18/h5-6,8,13,16,18H,2-4,7,9-10H2,1H3. The molecule has 2 rings (SSSR count). The largest absolute Gasteiger partial charge is 0.508 e. The number of nitrogens with one attached hydrogen (secondary N) is 1. The van der Waals surface area contributed by atoms with Gasteiger partial charge in [-0.25, -0.2) is 4.39 Å². The van der Waals surface area contributed by atoms with Gasteiger partial charge in [0.25, 0.3) is 0 Å². The molecule has 0 aromatic heterocycles. The van der Waals surface area contributed by atoms with Crippen molar-refractivity contribution in [1.29, 1.82) is 0 Å². The lowest BCUT2D eigenvalue weighted by atomic mass is 10.0. The lowest BCUT2D eigenvalue weighted by Gasteiger charge is -2.28. The zero-order valence-electron chi connectivity index (χ0n) is 10.8. The van der Waals surface area contributed by atoms with E-state index in [0.29, 0.717) is 18.2 Å². The summed E-state index contributed by atoms with van der Waals surface area (Å²) in [5.41, 5.74) is 0.647. The van der Waals surface area contributed by atoms with Crippen LogP contribution in [0.15, 0.2) is 18.2 Å². The van der Waals surface area contributed by atoms with Gasteiger partial charge in [0, 0.05) is 24.7 Å². The van der Waals surface area contributed by atoms with Crippen molar-refractivity contribution < 1.29 is 9.50 Å². The van der Waals surface area contributed by atoms with Crippen molar-refractivity contribution in [2.75, 3.05) is 20.1 Å². The molecule has 1 atom stereocenters. The van der Waals surface area contributed by atoms with Crippen molar-refractivity contribution in [3.63, 3.8) is 0 Å². The monoisotopic (exact) mass is 252 g/mol. The molecule has 1 saturated heterocycles. The van der Waals surface area contributed by atoms with Crippen LogP contribution in [-0.4, -0.2) is 36.2 Å². The molecule has 1 aliphatic rings. The molecule has 1 aliphatic heterocycles. The van der Waals surface area contributed by atoms with Crippen molar-refractivity contribution in [2.45, 2.75) is 31.8 Å². The van der Waals surface area contributed by atoms with Gasteiger partial charge in [0.1, 0.15) is 11.6 Å². The van der Waals surface area contributed by atoms with Gasteiger partial charge in [0.05, 0.1) is 0 Å². The molecule has 1 unspecified atom stereocenters. The quantitative estimate of drug-likeness (QED) is 0.861. The van der Waals surface area contributed by atoms with E-state index in [2.05, 4.69) is 10.2 Å². The second-order valence-electron chi connectivity index (χ2n) is 5.12. The molecule has 0 spiro atoms. The van der Waals surface area contributed by atoms with E-state index in [0.717, 1.165) is 13.1 Å². The van der Waals surface area contributed by atoms with Gasteiger partial charge in [0.2, 0.25) is 0 Å². The van der Waals surface area contributed by atoms with Gasteiger partial charge in [-0.2, -0.15) is 0 Å². The van der Waals surface area contributed by atoms with E-state index in [1.807, 2.05) is 7.05 Å². The highest BCUT2D eigenvalue weighted by Gasteiger charge is 2.15. The minimum atomic E-state index is -0.299. The summed E-state index contributed by atoms with van der Waals surface area (Å²) < 4.78 is 13.1. The van der Waals surface area contributed by atoms with Crippen LogP contribution >= 0.6 is 0 Å². The van der Waals surface area contributed by atoms with Crippen LogP contribution < -0.4 is 5.32 Å². The van der Waals surface area contributed by atoms with Gasteiger partial charge in [0.15, 0.2) is 0 Å². The maximum Gasteiger partial charge on any atom is 0.123 e. The molecule has 18 heavy (non-hydrogen) atoms. The minimum absolute atomic E-state index is 0.167. The van der Waals surface area contributed by atoms with E-state index in [1.54, 1.807) is 0 Å². The molecular formula is C14H21FN2O. The summed E-state index contributed by atoms with van der Waals surface area (Å²) in [5, 5.41) is 13.2. The third-order valence-electron chi connectivity index (χ3n) is 3.43. The maximum absolute atomic E-state index is 13.1. The summed E-state index contributed by atoms with van der Waals surface area (Å²) in [6, 6.07) is 4.61. The molecule has 0 amide bonds. The SMILES string of the molecule is CN(Cc1cc(F)ccc1O)CC1CCCCN1. The molecule has 0 bridgehead atoms. The van der Waals surface area contributed by atoms with Crippen molar-refractivity contribution in [3.05, 3.63) is 29.6 Å². The third-order valence-corrected chi connectivity index (χ3v) is 3.43. The van der Waals surface area contributed by atoms with Gasteiger partial charge in [-0.15, -0.1) is 0 Å². The van der Waals surface area contributed by atoms with Crippen LogP contribution in [-0.2, 0) is 6.54 Å². The summed E-state index contributed by atoms with van der Waals surface area (Å²) in [4.78, 5) is 2.12. The van der Waals surface area contributed by atoms with Crippen LogP contribution in [0.1, 0.15) is 24.8 Å². The number of piperidine rings is 1. The normalized spacial score (nSPS) is 20.3. The molecule has 0 saturated carbocycles. The lowest BCUT2D eigenvalue weighted by Crippen LogP contribution is -2.42. The Labute approximate surface area is 108 Å². The van der Waals surface area contributed by atoms with Gasteiger partial charge in [-0.3, -0.25) is 0 Å². The summed E-state index contributed by atoms with van der Waals surface area (Å²) in [5.74, 6) is -0.133. The maximum atomic E-state index is 13.1. The van der Waals surface area contributed by atoms with Crippen molar-refractivity contribution in [3.8, 4) is 5.75 Å². The molecule has 2 N–H and O–H groups in total. The number of hydrogen-bond acceptors (Lipinski definition) is 3. The zero-order valence-corrected chi connectivity index (χ0v) is 10.8. The van der Waals surface area contributed by atoms with Gasteiger partial charge in [-0.05, 0) is 44.6 Å². The predicted octanol–water partition coefficient (Wildman–Crippen LogP) is 2.11.